The van der Waals surface area contributed by atoms with Crippen LogP contribution >= 0.6 is 0 Å². The summed E-state index contributed by atoms with van der Waals surface area (Å²) in [5.41, 5.74) is 0.867. The molecule has 10 heteroatoms. The second kappa shape index (κ2) is 9.98. The van der Waals surface area contributed by atoms with Crippen LogP contribution in [0.15, 0.2) is 82.9 Å². The van der Waals surface area contributed by atoms with Gasteiger partial charge in [0.05, 0.1) is 17.2 Å². The van der Waals surface area contributed by atoms with E-state index < -0.39 is 21.4 Å². The molecular formula is C25H24N4O5S. The number of carbonyl (C=O) groups excluding carboxylic acids is 1. The molecule has 2 heterocycles. The Morgan fingerprint density at radius 2 is 1.94 bits per heavy atom. The molecule has 0 aliphatic carbocycles. The lowest BCUT2D eigenvalue weighted by atomic mass is 10.1. The lowest BCUT2D eigenvalue weighted by Gasteiger charge is -2.22. The van der Waals surface area contributed by atoms with Gasteiger partial charge in [0.1, 0.15) is 11.3 Å². The van der Waals surface area contributed by atoms with Gasteiger partial charge in [-0.15, -0.1) is 0 Å². The Kier molecular flexibility index (Phi) is 6.83. The zero-order chi connectivity index (χ0) is 25.0. The van der Waals surface area contributed by atoms with Crippen molar-refractivity contribution in [2.75, 3.05) is 18.0 Å². The Morgan fingerprint density at radius 1 is 1.14 bits per heavy atom. The highest BCUT2D eigenvalue weighted by Gasteiger charge is 2.25. The molecule has 0 fully saturated rings. The summed E-state index contributed by atoms with van der Waals surface area (Å²) in [5, 5.41) is 2.77. The number of carbonyl (C=O) groups is 1. The lowest BCUT2D eigenvalue weighted by Crippen LogP contribution is -2.29. The molecule has 0 unspecified atom stereocenters. The molecule has 1 amide bonds. The minimum atomic E-state index is -4.03. The summed E-state index contributed by atoms with van der Waals surface area (Å²) in [4.78, 5) is 32.6. The number of anilines is 1. The number of nitrogens with zero attached hydrogens (tertiary/aromatic N) is 2. The monoisotopic (exact) mass is 492 g/mol. The van der Waals surface area contributed by atoms with Crippen molar-refractivity contribution in [2.45, 2.75) is 18.4 Å². The van der Waals surface area contributed by atoms with E-state index in [4.69, 9.17) is 4.74 Å². The van der Waals surface area contributed by atoms with Crippen LogP contribution in [-0.2, 0) is 16.6 Å². The molecule has 0 saturated carbocycles. The molecule has 2 N–H and O–H groups in total. The van der Waals surface area contributed by atoms with Gasteiger partial charge in [0.15, 0.2) is 0 Å². The first-order chi connectivity index (χ1) is 16.8. The molecule has 2 aromatic heterocycles. The molecule has 0 aliphatic rings. The Hall–Kier alpha value is -4.18. The fraction of sp³-hybridized carbons (Fsp3) is 0.160. The smallest absolute Gasteiger partial charge is 0.264 e. The second-order valence-corrected chi connectivity index (χ2v) is 9.63. The largest absolute Gasteiger partial charge is 0.492 e. The number of amides is 1. The van der Waals surface area contributed by atoms with Crippen molar-refractivity contribution in [3.63, 3.8) is 0 Å². The average Bonchev–Trinajstić information content (AvgIpc) is 2.88. The number of aromatic nitrogens is 2. The van der Waals surface area contributed by atoms with Crippen molar-refractivity contribution >= 4 is 32.5 Å². The first-order valence-corrected chi connectivity index (χ1v) is 12.3. The van der Waals surface area contributed by atoms with Gasteiger partial charge in [-0.3, -0.25) is 18.9 Å². The van der Waals surface area contributed by atoms with Crippen LogP contribution in [0.5, 0.6) is 5.75 Å². The van der Waals surface area contributed by atoms with Crippen molar-refractivity contribution in [3.8, 4) is 5.75 Å². The third-order valence-electron chi connectivity index (χ3n) is 5.44. The molecule has 0 radical (unpaired) electrons. The Balaban J connectivity index is 1.67. The summed E-state index contributed by atoms with van der Waals surface area (Å²) in [5.74, 6) is -0.152. The summed E-state index contributed by atoms with van der Waals surface area (Å²) in [6.45, 7) is 2.38. The first-order valence-electron chi connectivity index (χ1n) is 10.9. The van der Waals surface area contributed by atoms with Gasteiger partial charge in [-0.2, -0.15) is 0 Å². The second-order valence-electron chi connectivity index (χ2n) is 7.66. The van der Waals surface area contributed by atoms with E-state index in [1.54, 1.807) is 48.8 Å². The van der Waals surface area contributed by atoms with E-state index in [1.165, 1.54) is 31.4 Å². The number of ether oxygens (including phenoxy) is 1. The average molecular weight is 493 g/mol. The maximum absolute atomic E-state index is 13.4. The van der Waals surface area contributed by atoms with Gasteiger partial charge in [0.25, 0.3) is 15.9 Å². The van der Waals surface area contributed by atoms with Crippen molar-refractivity contribution in [1.29, 1.82) is 0 Å². The van der Waals surface area contributed by atoms with E-state index in [9.17, 15) is 18.0 Å². The van der Waals surface area contributed by atoms with E-state index in [0.717, 1.165) is 9.87 Å². The number of para-hydroxylation sites is 2. The van der Waals surface area contributed by atoms with Gasteiger partial charge in [0.2, 0.25) is 5.43 Å². The van der Waals surface area contributed by atoms with Gasteiger partial charge in [-0.25, -0.2) is 8.42 Å². The SMILES string of the molecule is CCOc1ccccc1N(C)S(=O)(=O)c1ccc2[nH]cc(C(=O)NCc3cccnc3)c(=O)c2c1. The van der Waals surface area contributed by atoms with Crippen molar-refractivity contribution in [3.05, 3.63) is 94.5 Å². The topological polar surface area (TPSA) is 121 Å². The molecule has 2 aromatic carbocycles. The van der Waals surface area contributed by atoms with Crippen LogP contribution in [-0.4, -0.2) is 37.9 Å². The normalized spacial score (nSPS) is 11.3. The highest BCUT2D eigenvalue weighted by atomic mass is 32.2. The molecular weight excluding hydrogens is 468 g/mol. The third-order valence-corrected chi connectivity index (χ3v) is 7.20. The van der Waals surface area contributed by atoms with Gasteiger partial charge < -0.3 is 15.0 Å². The summed E-state index contributed by atoms with van der Waals surface area (Å²) in [7, 11) is -2.61. The van der Waals surface area contributed by atoms with Crippen molar-refractivity contribution in [1.82, 2.24) is 15.3 Å². The number of sulfonamides is 1. The van der Waals surface area contributed by atoms with E-state index in [0.29, 0.717) is 23.6 Å². The zero-order valence-corrected chi connectivity index (χ0v) is 20.0. The van der Waals surface area contributed by atoms with Gasteiger partial charge in [0, 0.05) is 43.1 Å². The Bertz CT molecular complexity index is 1530. The van der Waals surface area contributed by atoms with Crippen LogP contribution in [0, 0.1) is 0 Å². The van der Waals surface area contributed by atoms with Crippen LogP contribution in [0.2, 0.25) is 0 Å². The number of pyridine rings is 2. The highest BCUT2D eigenvalue weighted by molar-refractivity contribution is 7.92. The zero-order valence-electron chi connectivity index (χ0n) is 19.2. The number of benzene rings is 2. The summed E-state index contributed by atoms with van der Waals surface area (Å²) in [6.07, 6.45) is 4.56. The molecule has 0 bridgehead atoms. The third kappa shape index (κ3) is 4.87. The number of hydrogen-bond donors (Lipinski definition) is 2. The van der Waals surface area contributed by atoms with E-state index >= 15 is 0 Å². The Labute approximate surface area is 202 Å². The number of rotatable bonds is 8. The van der Waals surface area contributed by atoms with Crippen LogP contribution in [0.25, 0.3) is 10.9 Å². The number of H-pyrrole nitrogens is 1. The maximum atomic E-state index is 13.4. The molecule has 35 heavy (non-hydrogen) atoms. The Morgan fingerprint density at radius 3 is 2.69 bits per heavy atom. The molecule has 9 nitrogen and oxygen atoms in total. The number of aromatic amines is 1. The number of nitrogens with one attached hydrogen (secondary N) is 2. The van der Waals surface area contributed by atoms with Crippen LogP contribution in [0.4, 0.5) is 5.69 Å². The van der Waals surface area contributed by atoms with Crippen LogP contribution < -0.4 is 19.8 Å². The standard InChI is InChI=1S/C25H24N4O5S/c1-3-34-23-9-5-4-8-22(23)29(2)35(32,33)18-10-11-21-19(13-18)24(30)20(16-27-21)25(31)28-15-17-7-6-12-26-14-17/h4-14,16H,3,15H2,1-2H3,(H,27,30)(H,28,31). The molecule has 4 aromatic rings. The van der Waals surface area contributed by atoms with Gasteiger partial charge in [-0.1, -0.05) is 18.2 Å². The number of hydrogen-bond acceptors (Lipinski definition) is 6. The predicted octanol–water partition coefficient (Wildman–Crippen LogP) is 3.08. The molecule has 0 atom stereocenters. The first kappa shape index (κ1) is 24.0. The highest BCUT2D eigenvalue weighted by Crippen LogP contribution is 2.31. The molecule has 4 rings (SSSR count). The summed E-state index contributed by atoms with van der Waals surface area (Å²) < 4.78 is 33.5. The summed E-state index contributed by atoms with van der Waals surface area (Å²) in [6, 6.07) is 14.5. The fourth-order valence-electron chi connectivity index (χ4n) is 3.59. The lowest BCUT2D eigenvalue weighted by molar-refractivity contribution is 0.0949. The van der Waals surface area contributed by atoms with Crippen molar-refractivity contribution in [2.24, 2.45) is 0 Å². The van der Waals surface area contributed by atoms with Gasteiger partial charge in [-0.05, 0) is 48.9 Å². The molecule has 180 valence electrons. The molecule has 0 aliphatic heterocycles. The summed E-state index contributed by atoms with van der Waals surface area (Å²) >= 11 is 0. The fourth-order valence-corrected chi connectivity index (χ4v) is 4.82. The van der Waals surface area contributed by atoms with Crippen molar-refractivity contribution < 1.29 is 17.9 Å². The minimum Gasteiger partial charge on any atom is -0.492 e. The molecule has 0 saturated heterocycles. The van der Waals surface area contributed by atoms with Crippen LogP contribution in [0.3, 0.4) is 0 Å². The van der Waals surface area contributed by atoms with E-state index in [1.807, 2.05) is 6.92 Å². The van der Waals surface area contributed by atoms with E-state index in [2.05, 4.69) is 15.3 Å². The van der Waals surface area contributed by atoms with E-state index in [-0.39, 0.29) is 22.4 Å². The predicted molar refractivity (Wildman–Crippen MR) is 133 cm³/mol. The molecule has 0 spiro atoms. The van der Waals surface area contributed by atoms with Crippen LogP contribution in [0.1, 0.15) is 22.8 Å². The maximum Gasteiger partial charge on any atom is 0.264 e. The quantitative estimate of drug-likeness (QED) is 0.390. The van der Waals surface area contributed by atoms with Gasteiger partial charge >= 0.3 is 0 Å². The minimum absolute atomic E-state index is 0.0859. The number of fused-ring (bicyclic) bond motifs is 1.